The number of nitrogens with zero attached hydrogens (tertiary/aromatic N) is 2. The number of carbonyl (C=O) groups is 1. The molecule has 0 amide bonds. The highest BCUT2D eigenvalue weighted by molar-refractivity contribution is 6.30. The van der Waals surface area contributed by atoms with Gasteiger partial charge in [-0.05, 0) is 38.1 Å². The van der Waals surface area contributed by atoms with Crippen molar-refractivity contribution < 1.29 is 9.53 Å². The zero-order valence-electron chi connectivity index (χ0n) is 9.40. The van der Waals surface area contributed by atoms with Crippen LogP contribution < -0.4 is 0 Å². The first-order valence-electron chi connectivity index (χ1n) is 4.72. The van der Waals surface area contributed by atoms with Crippen LogP contribution in [0.15, 0.2) is 34.5 Å². The fourth-order valence-corrected chi connectivity index (χ4v) is 1.11. The van der Waals surface area contributed by atoms with Gasteiger partial charge in [0.1, 0.15) is 0 Å². The largest absolute Gasteiger partial charge is 0.467 e. The van der Waals surface area contributed by atoms with Crippen molar-refractivity contribution in [1.29, 1.82) is 0 Å². The van der Waals surface area contributed by atoms with Gasteiger partial charge in [-0.25, -0.2) is 4.79 Å². The van der Waals surface area contributed by atoms with Crippen molar-refractivity contribution in [2.24, 2.45) is 10.2 Å². The van der Waals surface area contributed by atoms with Crippen LogP contribution in [0.3, 0.4) is 0 Å². The monoisotopic (exact) mass is 240 g/mol. The minimum absolute atomic E-state index is 0.426. The minimum atomic E-state index is -0.978. The van der Waals surface area contributed by atoms with Crippen molar-refractivity contribution in [3.63, 3.8) is 0 Å². The van der Waals surface area contributed by atoms with Crippen molar-refractivity contribution >= 4 is 23.3 Å². The maximum atomic E-state index is 11.3. The topological polar surface area (TPSA) is 51.0 Å². The Balaban J connectivity index is 2.80. The number of methoxy groups -OCH3 is 1. The highest BCUT2D eigenvalue weighted by Crippen LogP contribution is 2.20. The summed E-state index contributed by atoms with van der Waals surface area (Å²) in [6.45, 7) is 3.27. The zero-order valence-corrected chi connectivity index (χ0v) is 10.2. The molecule has 0 radical (unpaired) electrons. The van der Waals surface area contributed by atoms with Crippen molar-refractivity contribution in [3.05, 3.63) is 29.3 Å². The number of azo groups is 1. The Labute approximate surface area is 99.3 Å². The maximum Gasteiger partial charge on any atom is 0.335 e. The normalized spacial score (nSPS) is 11.8. The first-order chi connectivity index (χ1) is 7.45. The van der Waals surface area contributed by atoms with Gasteiger partial charge in [0.05, 0.1) is 12.8 Å². The van der Waals surface area contributed by atoms with Crippen LogP contribution in [-0.4, -0.2) is 18.6 Å². The number of hydrogen-bond donors (Lipinski definition) is 0. The SMILES string of the molecule is COC(=O)C(C)(C)N=Nc1ccc(Cl)cc1. The van der Waals surface area contributed by atoms with Gasteiger partial charge in [-0.1, -0.05) is 11.6 Å². The van der Waals surface area contributed by atoms with Gasteiger partial charge in [-0.2, -0.15) is 10.2 Å². The third-order valence-electron chi connectivity index (χ3n) is 1.93. The molecule has 0 aliphatic carbocycles. The Morgan fingerprint density at radius 1 is 1.31 bits per heavy atom. The van der Waals surface area contributed by atoms with Gasteiger partial charge in [0.2, 0.25) is 0 Å². The van der Waals surface area contributed by atoms with E-state index >= 15 is 0 Å². The molecule has 4 nitrogen and oxygen atoms in total. The van der Waals surface area contributed by atoms with Crippen molar-refractivity contribution in [2.45, 2.75) is 19.4 Å². The molecule has 0 aliphatic rings. The molecule has 86 valence electrons. The van der Waals surface area contributed by atoms with Crippen LogP contribution in [-0.2, 0) is 9.53 Å². The summed E-state index contributed by atoms with van der Waals surface area (Å²) in [7, 11) is 1.32. The summed E-state index contributed by atoms with van der Waals surface area (Å²) < 4.78 is 4.61. The van der Waals surface area contributed by atoms with E-state index in [1.165, 1.54) is 7.11 Å². The zero-order chi connectivity index (χ0) is 12.2. The summed E-state index contributed by atoms with van der Waals surface area (Å²) >= 11 is 5.73. The number of ether oxygens (including phenoxy) is 1. The second-order valence-corrected chi connectivity index (χ2v) is 4.16. The van der Waals surface area contributed by atoms with Crippen LogP contribution in [0.4, 0.5) is 5.69 Å². The molecular weight excluding hydrogens is 228 g/mol. The van der Waals surface area contributed by atoms with Gasteiger partial charge < -0.3 is 4.74 Å². The third kappa shape index (κ3) is 3.31. The van der Waals surface area contributed by atoms with E-state index in [4.69, 9.17) is 11.6 Å². The van der Waals surface area contributed by atoms with Crippen LogP contribution in [0, 0.1) is 0 Å². The highest BCUT2D eigenvalue weighted by atomic mass is 35.5. The number of rotatable bonds is 3. The Morgan fingerprint density at radius 2 is 1.88 bits per heavy atom. The van der Waals surface area contributed by atoms with Crippen molar-refractivity contribution in [1.82, 2.24) is 0 Å². The number of carbonyl (C=O) groups excluding carboxylic acids is 1. The molecule has 0 fully saturated rings. The minimum Gasteiger partial charge on any atom is -0.467 e. The van der Waals surface area contributed by atoms with Crippen LogP contribution in [0.25, 0.3) is 0 Å². The van der Waals surface area contributed by atoms with E-state index in [1.54, 1.807) is 38.1 Å². The van der Waals surface area contributed by atoms with E-state index in [1.807, 2.05) is 0 Å². The smallest absolute Gasteiger partial charge is 0.335 e. The molecule has 16 heavy (non-hydrogen) atoms. The molecule has 1 rings (SSSR count). The van der Waals surface area contributed by atoms with E-state index in [0.29, 0.717) is 10.7 Å². The Morgan fingerprint density at radius 3 is 2.38 bits per heavy atom. The van der Waals surface area contributed by atoms with Gasteiger partial charge in [-0.3, -0.25) is 0 Å². The van der Waals surface area contributed by atoms with Gasteiger partial charge in [0.15, 0.2) is 5.54 Å². The van der Waals surface area contributed by atoms with Crippen molar-refractivity contribution in [2.75, 3.05) is 7.11 Å². The molecule has 0 aliphatic heterocycles. The second-order valence-electron chi connectivity index (χ2n) is 3.73. The predicted octanol–water partition coefficient (Wildman–Crippen LogP) is 3.38. The Kier molecular flexibility index (Phi) is 4.01. The molecule has 0 aromatic heterocycles. The van der Waals surface area contributed by atoms with E-state index in [0.717, 1.165) is 0 Å². The summed E-state index contributed by atoms with van der Waals surface area (Å²) in [6, 6.07) is 6.86. The van der Waals surface area contributed by atoms with Crippen LogP contribution in [0.1, 0.15) is 13.8 Å². The lowest BCUT2D eigenvalue weighted by atomic mass is 10.1. The van der Waals surface area contributed by atoms with Gasteiger partial charge in [0, 0.05) is 5.02 Å². The average Bonchev–Trinajstić information content (AvgIpc) is 2.27. The molecule has 0 spiro atoms. The number of esters is 1. The number of benzene rings is 1. The van der Waals surface area contributed by atoms with Gasteiger partial charge >= 0.3 is 5.97 Å². The fourth-order valence-electron chi connectivity index (χ4n) is 0.981. The Hall–Kier alpha value is -1.42. The molecule has 0 saturated carbocycles. The lowest BCUT2D eigenvalue weighted by molar-refractivity contribution is -0.145. The van der Waals surface area contributed by atoms with Crippen LogP contribution >= 0.6 is 11.6 Å². The molecule has 0 atom stereocenters. The summed E-state index contributed by atoms with van der Waals surface area (Å²) in [6.07, 6.45) is 0. The quantitative estimate of drug-likeness (QED) is 0.601. The standard InChI is InChI=1S/C11H13ClN2O2/c1-11(2,10(15)16-3)14-13-9-6-4-8(12)5-7-9/h4-7H,1-3H3. The number of halogens is 1. The molecule has 0 heterocycles. The molecule has 1 aromatic rings. The first-order valence-corrected chi connectivity index (χ1v) is 5.10. The van der Waals surface area contributed by atoms with Gasteiger partial charge in [-0.15, -0.1) is 0 Å². The average molecular weight is 241 g/mol. The van der Waals surface area contributed by atoms with E-state index in [2.05, 4.69) is 15.0 Å². The molecule has 0 unspecified atom stereocenters. The molecule has 0 bridgehead atoms. The lowest BCUT2D eigenvalue weighted by Crippen LogP contribution is -2.30. The summed E-state index contributed by atoms with van der Waals surface area (Å²) in [5.41, 5.74) is -0.338. The fraction of sp³-hybridized carbons (Fsp3) is 0.364. The third-order valence-corrected chi connectivity index (χ3v) is 2.18. The van der Waals surface area contributed by atoms with E-state index in [-0.39, 0.29) is 0 Å². The van der Waals surface area contributed by atoms with E-state index in [9.17, 15) is 4.79 Å². The van der Waals surface area contributed by atoms with Gasteiger partial charge in [0.25, 0.3) is 0 Å². The van der Waals surface area contributed by atoms with Crippen molar-refractivity contribution in [3.8, 4) is 0 Å². The number of hydrogen-bond acceptors (Lipinski definition) is 4. The first kappa shape index (κ1) is 12.6. The summed E-state index contributed by atoms with van der Waals surface area (Å²) in [4.78, 5) is 11.3. The second kappa shape index (κ2) is 5.07. The molecule has 0 saturated heterocycles. The maximum absolute atomic E-state index is 11.3. The molecule has 0 N–H and O–H groups in total. The summed E-state index contributed by atoms with van der Waals surface area (Å²) in [5, 5.41) is 8.52. The molecule has 5 heteroatoms. The summed E-state index contributed by atoms with van der Waals surface area (Å²) in [5.74, 6) is -0.426. The van der Waals surface area contributed by atoms with E-state index < -0.39 is 11.5 Å². The molecular formula is C11H13ClN2O2. The predicted molar refractivity (Wildman–Crippen MR) is 62.1 cm³/mol. The molecule has 1 aromatic carbocycles. The van der Waals surface area contributed by atoms with Crippen LogP contribution in [0.5, 0.6) is 0 Å². The highest BCUT2D eigenvalue weighted by Gasteiger charge is 2.28. The Bertz CT molecular complexity index is 399. The van der Waals surface area contributed by atoms with Crippen LogP contribution in [0.2, 0.25) is 5.02 Å². The lowest BCUT2D eigenvalue weighted by Gasteiger charge is -2.13.